The molecule has 0 fully saturated rings. The molecule has 0 radical (unpaired) electrons. The van der Waals surface area contributed by atoms with Crippen molar-refractivity contribution in [2.75, 3.05) is 34.5 Å². The van der Waals surface area contributed by atoms with Gasteiger partial charge in [-0.05, 0) is 39.2 Å². The highest BCUT2D eigenvalue weighted by Gasteiger charge is 2.28. The second-order valence-electron chi connectivity index (χ2n) is 5.96. The Morgan fingerprint density at radius 1 is 0.783 bits per heavy atom. The SMILES string of the molecule is CCOC(CCCN)CCCCCCCCC(OC)(OC)OC. The minimum absolute atomic E-state index is 0.397. The number of rotatable bonds is 17. The Bertz CT molecular complexity index is 239. The van der Waals surface area contributed by atoms with Crippen molar-refractivity contribution in [3.63, 3.8) is 0 Å². The molecule has 5 nitrogen and oxygen atoms in total. The Balaban J connectivity index is 3.61. The van der Waals surface area contributed by atoms with Gasteiger partial charge < -0.3 is 24.7 Å². The smallest absolute Gasteiger partial charge is 0.282 e. The summed E-state index contributed by atoms with van der Waals surface area (Å²) in [5, 5.41) is 0. The molecule has 0 aromatic carbocycles. The molecule has 5 heteroatoms. The Morgan fingerprint density at radius 3 is 1.83 bits per heavy atom. The number of hydrogen-bond acceptors (Lipinski definition) is 5. The van der Waals surface area contributed by atoms with Gasteiger partial charge in [-0.25, -0.2) is 0 Å². The van der Waals surface area contributed by atoms with Crippen LogP contribution in [0.2, 0.25) is 0 Å². The van der Waals surface area contributed by atoms with E-state index in [-0.39, 0.29) is 0 Å². The summed E-state index contributed by atoms with van der Waals surface area (Å²) in [4.78, 5) is 0. The van der Waals surface area contributed by atoms with E-state index in [0.29, 0.717) is 6.10 Å². The summed E-state index contributed by atoms with van der Waals surface area (Å²) in [5.74, 6) is -0.867. The fraction of sp³-hybridized carbons (Fsp3) is 1.00. The van der Waals surface area contributed by atoms with Gasteiger partial charge in [0.15, 0.2) is 0 Å². The molecule has 1 unspecified atom stereocenters. The molecule has 23 heavy (non-hydrogen) atoms. The van der Waals surface area contributed by atoms with Crippen LogP contribution in [-0.2, 0) is 18.9 Å². The van der Waals surface area contributed by atoms with Gasteiger partial charge in [0.25, 0.3) is 5.97 Å². The van der Waals surface area contributed by atoms with E-state index < -0.39 is 5.97 Å². The van der Waals surface area contributed by atoms with Crippen LogP contribution in [0, 0.1) is 0 Å². The summed E-state index contributed by atoms with van der Waals surface area (Å²) in [7, 11) is 4.85. The lowest BCUT2D eigenvalue weighted by Gasteiger charge is -2.28. The van der Waals surface area contributed by atoms with Gasteiger partial charge in [-0.3, -0.25) is 0 Å². The number of methoxy groups -OCH3 is 3. The van der Waals surface area contributed by atoms with Gasteiger partial charge in [-0.15, -0.1) is 0 Å². The Morgan fingerprint density at radius 2 is 1.30 bits per heavy atom. The third kappa shape index (κ3) is 11.1. The van der Waals surface area contributed by atoms with E-state index in [1.807, 2.05) is 0 Å². The van der Waals surface area contributed by atoms with Gasteiger partial charge in [0.1, 0.15) is 0 Å². The number of hydrogen-bond donors (Lipinski definition) is 1. The highest BCUT2D eigenvalue weighted by molar-refractivity contribution is 4.60. The summed E-state index contributed by atoms with van der Waals surface area (Å²) < 4.78 is 21.7. The molecule has 0 rings (SSSR count). The average Bonchev–Trinajstić information content (AvgIpc) is 2.59. The van der Waals surface area contributed by atoms with E-state index in [0.717, 1.165) is 45.3 Å². The van der Waals surface area contributed by atoms with E-state index in [2.05, 4.69) is 6.92 Å². The normalized spacial score (nSPS) is 13.4. The second-order valence-corrected chi connectivity index (χ2v) is 5.96. The van der Waals surface area contributed by atoms with E-state index in [4.69, 9.17) is 24.7 Å². The van der Waals surface area contributed by atoms with Crippen LogP contribution in [0.4, 0.5) is 0 Å². The molecule has 0 aromatic rings. The largest absolute Gasteiger partial charge is 0.379 e. The van der Waals surface area contributed by atoms with Crippen molar-refractivity contribution in [3.8, 4) is 0 Å². The highest BCUT2D eigenvalue weighted by Crippen LogP contribution is 2.21. The second kappa shape index (κ2) is 15.3. The molecule has 0 saturated heterocycles. The minimum Gasteiger partial charge on any atom is -0.379 e. The monoisotopic (exact) mass is 333 g/mol. The zero-order valence-electron chi connectivity index (χ0n) is 15.8. The first-order valence-electron chi connectivity index (χ1n) is 9.15. The number of nitrogens with two attached hydrogens (primary N) is 1. The van der Waals surface area contributed by atoms with Gasteiger partial charge in [0.2, 0.25) is 0 Å². The van der Waals surface area contributed by atoms with Gasteiger partial charge in [-0.1, -0.05) is 32.1 Å². The van der Waals surface area contributed by atoms with Crippen molar-refractivity contribution in [3.05, 3.63) is 0 Å². The lowest BCUT2D eigenvalue weighted by molar-refractivity contribution is -0.355. The Labute approximate surface area is 143 Å². The molecule has 1 atom stereocenters. The molecule has 0 amide bonds. The van der Waals surface area contributed by atoms with Crippen molar-refractivity contribution in [2.45, 2.75) is 83.2 Å². The molecule has 0 aromatic heterocycles. The maximum atomic E-state index is 5.77. The minimum atomic E-state index is -0.867. The van der Waals surface area contributed by atoms with E-state index in [1.54, 1.807) is 21.3 Å². The molecule has 0 spiro atoms. The molecule has 0 aliphatic rings. The topological polar surface area (TPSA) is 62.9 Å². The predicted octanol–water partition coefficient (Wildman–Crippen LogP) is 3.84. The van der Waals surface area contributed by atoms with Crippen LogP contribution in [0.3, 0.4) is 0 Å². The van der Waals surface area contributed by atoms with Crippen LogP contribution in [-0.4, -0.2) is 46.6 Å². The molecule has 2 N–H and O–H groups in total. The van der Waals surface area contributed by atoms with Crippen molar-refractivity contribution in [1.29, 1.82) is 0 Å². The lowest BCUT2D eigenvalue weighted by Crippen LogP contribution is -2.35. The van der Waals surface area contributed by atoms with Crippen molar-refractivity contribution >= 4 is 0 Å². The summed E-state index contributed by atoms with van der Waals surface area (Å²) in [5.41, 5.74) is 5.57. The van der Waals surface area contributed by atoms with Crippen LogP contribution >= 0.6 is 0 Å². The van der Waals surface area contributed by atoms with Crippen LogP contribution in [0.15, 0.2) is 0 Å². The number of ether oxygens (including phenoxy) is 4. The standard InChI is InChI=1S/C18H39NO4/c1-5-23-17(14-12-16-19)13-10-8-6-7-9-11-15-18(20-2,21-3)22-4/h17H,5-16,19H2,1-4H3. The van der Waals surface area contributed by atoms with Crippen LogP contribution in [0.25, 0.3) is 0 Å². The quantitative estimate of drug-likeness (QED) is 0.324. The maximum Gasteiger partial charge on any atom is 0.282 e. The van der Waals surface area contributed by atoms with E-state index in [9.17, 15) is 0 Å². The highest BCUT2D eigenvalue weighted by atomic mass is 16.9. The fourth-order valence-corrected chi connectivity index (χ4v) is 2.87. The maximum absolute atomic E-state index is 5.77. The third-order valence-electron chi connectivity index (χ3n) is 4.32. The van der Waals surface area contributed by atoms with Crippen LogP contribution < -0.4 is 5.73 Å². The van der Waals surface area contributed by atoms with Gasteiger partial charge >= 0.3 is 0 Å². The van der Waals surface area contributed by atoms with E-state index in [1.165, 1.54) is 32.1 Å². The molecule has 0 bridgehead atoms. The van der Waals surface area contributed by atoms with Gasteiger partial charge in [0.05, 0.1) is 6.10 Å². The third-order valence-corrected chi connectivity index (χ3v) is 4.32. The predicted molar refractivity (Wildman–Crippen MR) is 94.4 cm³/mol. The first-order chi connectivity index (χ1) is 11.2. The Hall–Kier alpha value is -0.200. The molecular formula is C18H39NO4. The first kappa shape index (κ1) is 22.8. The Kier molecular flexibility index (Phi) is 15.2. The van der Waals surface area contributed by atoms with Crippen molar-refractivity contribution in [1.82, 2.24) is 0 Å². The molecular weight excluding hydrogens is 294 g/mol. The van der Waals surface area contributed by atoms with Gasteiger partial charge in [-0.2, -0.15) is 0 Å². The lowest BCUT2D eigenvalue weighted by atomic mass is 10.0. The van der Waals surface area contributed by atoms with Crippen LogP contribution in [0.1, 0.15) is 71.1 Å². The zero-order chi connectivity index (χ0) is 17.4. The van der Waals surface area contributed by atoms with Crippen molar-refractivity contribution in [2.24, 2.45) is 5.73 Å². The molecule has 0 aliphatic heterocycles. The van der Waals surface area contributed by atoms with Crippen LogP contribution in [0.5, 0.6) is 0 Å². The zero-order valence-corrected chi connectivity index (χ0v) is 15.8. The summed E-state index contributed by atoms with van der Waals surface area (Å²) in [6.07, 6.45) is 11.7. The number of unbranched alkanes of at least 4 members (excludes halogenated alkanes) is 5. The molecule has 0 heterocycles. The summed E-state index contributed by atoms with van der Waals surface area (Å²) >= 11 is 0. The van der Waals surface area contributed by atoms with Crippen molar-refractivity contribution < 1.29 is 18.9 Å². The van der Waals surface area contributed by atoms with Gasteiger partial charge in [0, 0.05) is 34.4 Å². The summed E-state index contributed by atoms with van der Waals surface area (Å²) in [6.45, 7) is 3.63. The first-order valence-corrected chi connectivity index (χ1v) is 9.15. The fourth-order valence-electron chi connectivity index (χ4n) is 2.87. The molecule has 0 aliphatic carbocycles. The summed E-state index contributed by atoms with van der Waals surface area (Å²) in [6, 6.07) is 0. The van der Waals surface area contributed by atoms with E-state index >= 15 is 0 Å². The molecule has 0 saturated carbocycles. The average molecular weight is 334 g/mol. The molecule has 140 valence electrons.